The van der Waals surface area contributed by atoms with Crippen molar-refractivity contribution in [2.75, 3.05) is 24.3 Å². The Hall–Kier alpha value is -1.29. The van der Waals surface area contributed by atoms with Crippen LogP contribution in [0.4, 0.5) is 15.8 Å². The molecular formula is C9H14FN3. The Kier molecular flexibility index (Phi) is 3.08. The van der Waals surface area contributed by atoms with Crippen molar-refractivity contribution in [2.45, 2.75) is 6.92 Å². The summed E-state index contributed by atoms with van der Waals surface area (Å²) in [6.45, 7) is 2.76. The Morgan fingerprint density at radius 1 is 1.54 bits per heavy atom. The van der Waals surface area contributed by atoms with Gasteiger partial charge in [0, 0.05) is 13.6 Å². The highest BCUT2D eigenvalue weighted by molar-refractivity contribution is 5.66. The fourth-order valence-electron chi connectivity index (χ4n) is 1.22. The summed E-state index contributed by atoms with van der Waals surface area (Å²) in [4.78, 5) is 0. The van der Waals surface area contributed by atoms with Crippen LogP contribution in [0.5, 0.6) is 0 Å². The van der Waals surface area contributed by atoms with Gasteiger partial charge in [-0.15, -0.1) is 0 Å². The molecule has 0 spiro atoms. The number of nitrogens with two attached hydrogens (primary N) is 1. The van der Waals surface area contributed by atoms with E-state index >= 15 is 0 Å². The van der Waals surface area contributed by atoms with Crippen LogP contribution in [0.25, 0.3) is 0 Å². The Morgan fingerprint density at radius 3 is 2.69 bits per heavy atom. The molecule has 0 saturated carbocycles. The first-order valence-corrected chi connectivity index (χ1v) is 4.19. The minimum absolute atomic E-state index is 0.312. The van der Waals surface area contributed by atoms with Gasteiger partial charge < -0.3 is 10.7 Å². The molecule has 1 aromatic rings. The number of hydrogen-bond acceptors (Lipinski definition) is 3. The first-order valence-electron chi connectivity index (χ1n) is 4.19. The number of hydrazine groups is 1. The van der Waals surface area contributed by atoms with Gasteiger partial charge in [-0.3, -0.25) is 0 Å². The minimum Gasteiger partial charge on any atom is -0.397 e. The molecule has 0 aliphatic heterocycles. The Bertz CT molecular complexity index is 284. The highest BCUT2D eigenvalue weighted by Crippen LogP contribution is 2.21. The topological polar surface area (TPSA) is 41.3 Å². The van der Waals surface area contributed by atoms with Gasteiger partial charge in [0.1, 0.15) is 5.82 Å². The van der Waals surface area contributed by atoms with Gasteiger partial charge in [0.2, 0.25) is 0 Å². The Labute approximate surface area is 77.3 Å². The van der Waals surface area contributed by atoms with Gasteiger partial charge in [0.05, 0.1) is 11.4 Å². The molecule has 13 heavy (non-hydrogen) atoms. The second-order valence-electron chi connectivity index (χ2n) is 2.67. The molecule has 0 radical (unpaired) electrons. The van der Waals surface area contributed by atoms with Crippen LogP contribution in [0.15, 0.2) is 18.2 Å². The average molecular weight is 183 g/mol. The zero-order valence-corrected chi connectivity index (χ0v) is 7.84. The predicted molar refractivity (Wildman–Crippen MR) is 52.9 cm³/mol. The lowest BCUT2D eigenvalue weighted by Gasteiger charge is -2.22. The molecule has 0 heterocycles. The average Bonchev–Trinajstić information content (AvgIpc) is 2.10. The largest absolute Gasteiger partial charge is 0.397 e. The van der Waals surface area contributed by atoms with Crippen LogP contribution in [-0.2, 0) is 0 Å². The van der Waals surface area contributed by atoms with Gasteiger partial charge in [-0.05, 0) is 25.1 Å². The van der Waals surface area contributed by atoms with Gasteiger partial charge in [-0.1, -0.05) is 0 Å². The minimum atomic E-state index is -0.312. The van der Waals surface area contributed by atoms with Gasteiger partial charge in [0.25, 0.3) is 0 Å². The highest BCUT2D eigenvalue weighted by Gasteiger charge is 2.06. The fraction of sp³-hybridized carbons (Fsp3) is 0.333. The first kappa shape index (κ1) is 9.80. The predicted octanol–water partition coefficient (Wildman–Crippen LogP) is 1.37. The standard InChI is InChI=1S/C9H14FN3/c1-3-13(12-2)9-5-4-7(10)6-8(9)11/h4-6,12H,3,11H2,1-2H3. The lowest BCUT2D eigenvalue weighted by atomic mass is 10.2. The highest BCUT2D eigenvalue weighted by atomic mass is 19.1. The van der Waals surface area contributed by atoms with E-state index in [0.717, 1.165) is 12.2 Å². The zero-order valence-electron chi connectivity index (χ0n) is 7.84. The molecule has 0 unspecified atom stereocenters. The molecule has 0 atom stereocenters. The molecular weight excluding hydrogens is 169 g/mol. The second-order valence-corrected chi connectivity index (χ2v) is 2.67. The number of rotatable bonds is 3. The maximum absolute atomic E-state index is 12.7. The van der Waals surface area contributed by atoms with Crippen LogP contribution in [0.3, 0.4) is 0 Å². The van der Waals surface area contributed by atoms with Crippen molar-refractivity contribution in [2.24, 2.45) is 0 Å². The number of nitrogen functional groups attached to an aromatic ring is 1. The molecule has 0 aliphatic rings. The maximum atomic E-state index is 12.7. The van der Waals surface area contributed by atoms with E-state index in [-0.39, 0.29) is 5.82 Å². The van der Waals surface area contributed by atoms with Gasteiger partial charge in [-0.2, -0.15) is 0 Å². The van der Waals surface area contributed by atoms with E-state index in [0.29, 0.717) is 5.69 Å². The number of hydrogen-bond donors (Lipinski definition) is 2. The van der Waals surface area contributed by atoms with E-state index in [2.05, 4.69) is 5.43 Å². The molecule has 1 rings (SSSR count). The summed E-state index contributed by atoms with van der Waals surface area (Å²) < 4.78 is 12.7. The van der Waals surface area contributed by atoms with Gasteiger partial charge >= 0.3 is 0 Å². The van der Waals surface area contributed by atoms with Crippen molar-refractivity contribution in [3.63, 3.8) is 0 Å². The molecule has 72 valence electrons. The van der Waals surface area contributed by atoms with Gasteiger partial charge in [0.15, 0.2) is 0 Å². The molecule has 0 saturated heterocycles. The lowest BCUT2D eigenvalue weighted by molar-refractivity contribution is 0.627. The monoisotopic (exact) mass is 183 g/mol. The number of halogens is 1. The normalized spacial score (nSPS) is 10.1. The van der Waals surface area contributed by atoms with Crippen molar-refractivity contribution in [3.8, 4) is 0 Å². The number of anilines is 2. The third-order valence-corrected chi connectivity index (χ3v) is 1.87. The SMILES string of the molecule is CCN(NC)c1ccc(F)cc1N. The van der Waals surface area contributed by atoms with Crippen LogP contribution >= 0.6 is 0 Å². The summed E-state index contributed by atoms with van der Waals surface area (Å²) in [5.74, 6) is -0.312. The Morgan fingerprint density at radius 2 is 2.23 bits per heavy atom. The molecule has 0 fully saturated rings. The smallest absolute Gasteiger partial charge is 0.125 e. The van der Waals surface area contributed by atoms with E-state index < -0.39 is 0 Å². The lowest BCUT2D eigenvalue weighted by Crippen LogP contribution is -2.35. The van der Waals surface area contributed by atoms with Crippen LogP contribution in [0.2, 0.25) is 0 Å². The fourth-order valence-corrected chi connectivity index (χ4v) is 1.22. The first-order chi connectivity index (χ1) is 6.19. The molecule has 4 heteroatoms. The maximum Gasteiger partial charge on any atom is 0.125 e. The molecule has 0 amide bonds. The van der Waals surface area contributed by atoms with Crippen molar-refractivity contribution in [1.29, 1.82) is 0 Å². The molecule has 3 N–H and O–H groups in total. The summed E-state index contributed by atoms with van der Waals surface area (Å²) in [6, 6.07) is 4.37. The molecule has 3 nitrogen and oxygen atoms in total. The third-order valence-electron chi connectivity index (χ3n) is 1.87. The van der Waals surface area contributed by atoms with Crippen LogP contribution in [0.1, 0.15) is 6.92 Å². The molecule has 0 aromatic heterocycles. The van der Waals surface area contributed by atoms with E-state index in [1.807, 2.05) is 11.9 Å². The number of benzene rings is 1. The molecule has 0 aliphatic carbocycles. The summed E-state index contributed by atoms with van der Waals surface area (Å²) >= 11 is 0. The Balaban J connectivity index is 2.99. The number of nitrogens with one attached hydrogen (secondary N) is 1. The van der Waals surface area contributed by atoms with E-state index in [1.54, 1.807) is 13.1 Å². The summed E-state index contributed by atoms with van der Waals surface area (Å²) in [5, 5.41) is 1.84. The molecule has 1 aromatic carbocycles. The van der Waals surface area contributed by atoms with Crippen LogP contribution in [0, 0.1) is 5.82 Å². The quantitative estimate of drug-likeness (QED) is 0.549. The van der Waals surface area contributed by atoms with Crippen molar-refractivity contribution < 1.29 is 4.39 Å². The molecule has 0 bridgehead atoms. The third kappa shape index (κ3) is 2.09. The van der Waals surface area contributed by atoms with E-state index in [9.17, 15) is 4.39 Å². The van der Waals surface area contributed by atoms with Crippen LogP contribution in [-0.4, -0.2) is 13.6 Å². The van der Waals surface area contributed by atoms with E-state index in [1.165, 1.54) is 12.1 Å². The summed E-state index contributed by atoms with van der Waals surface area (Å²) in [6.07, 6.45) is 0. The summed E-state index contributed by atoms with van der Waals surface area (Å²) in [7, 11) is 1.80. The van der Waals surface area contributed by atoms with Crippen molar-refractivity contribution in [3.05, 3.63) is 24.0 Å². The van der Waals surface area contributed by atoms with E-state index in [4.69, 9.17) is 5.73 Å². The van der Waals surface area contributed by atoms with Crippen molar-refractivity contribution >= 4 is 11.4 Å². The summed E-state index contributed by atoms with van der Waals surface area (Å²) in [5.41, 5.74) is 9.85. The van der Waals surface area contributed by atoms with Crippen LogP contribution < -0.4 is 16.2 Å². The second kappa shape index (κ2) is 4.09. The van der Waals surface area contributed by atoms with Crippen molar-refractivity contribution in [1.82, 2.24) is 5.43 Å². The number of nitrogens with zero attached hydrogens (tertiary/aromatic N) is 1. The van der Waals surface area contributed by atoms with Gasteiger partial charge in [-0.25, -0.2) is 9.82 Å². The zero-order chi connectivity index (χ0) is 9.84.